The lowest BCUT2D eigenvalue weighted by atomic mass is 9.89. The summed E-state index contributed by atoms with van der Waals surface area (Å²) in [4.78, 5) is 12.2. The van der Waals surface area contributed by atoms with E-state index in [0.717, 1.165) is 11.1 Å². The van der Waals surface area contributed by atoms with Gasteiger partial charge in [0.05, 0.1) is 18.6 Å². The second kappa shape index (κ2) is 6.14. The summed E-state index contributed by atoms with van der Waals surface area (Å²) in [5.74, 6) is -0.191. The van der Waals surface area contributed by atoms with Crippen molar-refractivity contribution < 1.29 is 14.3 Å². The number of aliphatic hydroxyl groups is 1. The van der Waals surface area contributed by atoms with Gasteiger partial charge in [-0.05, 0) is 29.2 Å². The normalized spacial score (nSPS) is 13.0. The number of hydrogen-bond donors (Lipinski definition) is 2. The third kappa shape index (κ3) is 3.95. The zero-order valence-electron chi connectivity index (χ0n) is 12.6. The van der Waals surface area contributed by atoms with E-state index < -0.39 is 6.10 Å². The lowest BCUT2D eigenvalue weighted by molar-refractivity contribution is 0.0587. The van der Waals surface area contributed by atoms with Crippen LogP contribution in [0.2, 0.25) is 0 Å². The van der Waals surface area contributed by atoms with Crippen molar-refractivity contribution in [2.45, 2.75) is 26.9 Å². The van der Waals surface area contributed by atoms with E-state index in [1.807, 2.05) is 45.0 Å². The van der Waals surface area contributed by atoms with Crippen molar-refractivity contribution in [3.8, 4) is 11.1 Å². The number of aliphatic hydroxyl groups excluding tert-OH is 1. The Kier molecular flexibility index (Phi) is 4.48. The minimum absolute atomic E-state index is 0.191. The monoisotopic (exact) mass is 287 g/mol. The highest BCUT2D eigenvalue weighted by Gasteiger charge is 2.22. The van der Waals surface area contributed by atoms with Crippen molar-refractivity contribution in [3.63, 3.8) is 0 Å². The van der Waals surface area contributed by atoms with E-state index in [1.165, 1.54) is 0 Å². The fraction of sp³-hybridized carbons (Fsp3) is 0.353. The minimum atomic E-state index is -0.585. The van der Waals surface area contributed by atoms with Gasteiger partial charge >= 0.3 is 0 Å². The summed E-state index contributed by atoms with van der Waals surface area (Å²) in [6, 6.07) is 9.16. The summed E-state index contributed by atoms with van der Waals surface area (Å²) in [6.45, 7) is 6.04. The van der Waals surface area contributed by atoms with Gasteiger partial charge in [0.25, 0.3) is 5.91 Å². The van der Waals surface area contributed by atoms with Crippen LogP contribution in [-0.2, 0) is 0 Å². The molecule has 0 fully saturated rings. The molecule has 0 aliphatic rings. The molecular formula is C17H21NO3. The largest absolute Gasteiger partial charge is 0.472 e. The van der Waals surface area contributed by atoms with E-state index in [2.05, 4.69) is 5.32 Å². The third-order valence-electron chi connectivity index (χ3n) is 3.43. The molecule has 0 radical (unpaired) electrons. The molecule has 1 unspecified atom stereocenters. The van der Waals surface area contributed by atoms with Crippen LogP contribution in [0.15, 0.2) is 47.3 Å². The van der Waals surface area contributed by atoms with Crippen molar-refractivity contribution in [3.05, 3.63) is 48.4 Å². The van der Waals surface area contributed by atoms with Crippen molar-refractivity contribution in [2.75, 3.05) is 6.54 Å². The Balaban J connectivity index is 2.05. The van der Waals surface area contributed by atoms with Crippen LogP contribution in [0, 0.1) is 5.41 Å². The lowest BCUT2D eigenvalue weighted by Crippen LogP contribution is -2.39. The van der Waals surface area contributed by atoms with Gasteiger partial charge in [0, 0.05) is 17.7 Å². The molecule has 2 rings (SSSR count). The van der Waals surface area contributed by atoms with E-state index in [-0.39, 0.29) is 17.9 Å². The summed E-state index contributed by atoms with van der Waals surface area (Å²) in [6.07, 6.45) is 2.65. The smallest absolute Gasteiger partial charge is 0.251 e. The van der Waals surface area contributed by atoms with Gasteiger partial charge in [0.1, 0.15) is 0 Å². The second-order valence-corrected chi connectivity index (χ2v) is 6.18. The average molecular weight is 287 g/mol. The number of carbonyl (C=O) groups is 1. The van der Waals surface area contributed by atoms with Crippen molar-refractivity contribution in [2.24, 2.45) is 5.41 Å². The number of hydrogen-bond acceptors (Lipinski definition) is 3. The Labute approximate surface area is 124 Å². The van der Waals surface area contributed by atoms with E-state index in [1.54, 1.807) is 18.6 Å². The van der Waals surface area contributed by atoms with Gasteiger partial charge in [-0.2, -0.15) is 0 Å². The number of furan rings is 1. The highest BCUT2D eigenvalue weighted by atomic mass is 16.3. The van der Waals surface area contributed by atoms with Crippen molar-refractivity contribution >= 4 is 5.91 Å². The lowest BCUT2D eigenvalue weighted by Gasteiger charge is -2.25. The molecule has 0 aliphatic heterocycles. The van der Waals surface area contributed by atoms with E-state index in [9.17, 15) is 9.90 Å². The van der Waals surface area contributed by atoms with Crippen LogP contribution in [0.3, 0.4) is 0 Å². The van der Waals surface area contributed by atoms with E-state index in [0.29, 0.717) is 5.56 Å². The summed E-state index contributed by atoms with van der Waals surface area (Å²) < 4.78 is 5.05. The molecular weight excluding hydrogens is 266 g/mol. The predicted octanol–water partition coefficient (Wildman–Crippen LogP) is 3.08. The molecule has 2 N–H and O–H groups in total. The number of rotatable bonds is 4. The zero-order valence-corrected chi connectivity index (χ0v) is 12.6. The molecule has 0 spiro atoms. The first kappa shape index (κ1) is 15.3. The van der Waals surface area contributed by atoms with Gasteiger partial charge in [-0.1, -0.05) is 32.9 Å². The zero-order chi connectivity index (χ0) is 15.5. The van der Waals surface area contributed by atoms with Crippen LogP contribution in [0.25, 0.3) is 11.1 Å². The van der Waals surface area contributed by atoms with Crippen LogP contribution in [-0.4, -0.2) is 23.7 Å². The van der Waals surface area contributed by atoms with Gasteiger partial charge in [0.2, 0.25) is 0 Å². The first-order chi connectivity index (χ1) is 9.88. The quantitative estimate of drug-likeness (QED) is 0.908. The van der Waals surface area contributed by atoms with Gasteiger partial charge in [-0.15, -0.1) is 0 Å². The Morgan fingerprint density at radius 3 is 2.67 bits per heavy atom. The molecule has 4 nitrogen and oxygen atoms in total. The van der Waals surface area contributed by atoms with Crippen LogP contribution in [0.1, 0.15) is 31.1 Å². The van der Waals surface area contributed by atoms with Gasteiger partial charge < -0.3 is 14.8 Å². The molecule has 1 atom stereocenters. The standard InChI is InChI=1S/C17H21NO3/c1-17(2,3)15(19)10-18-16(20)13-6-4-5-12(9-13)14-7-8-21-11-14/h4-9,11,15,19H,10H2,1-3H3,(H,18,20). The molecule has 0 bridgehead atoms. The molecule has 21 heavy (non-hydrogen) atoms. The fourth-order valence-corrected chi connectivity index (χ4v) is 1.87. The molecule has 1 aromatic heterocycles. The topological polar surface area (TPSA) is 62.5 Å². The number of nitrogens with one attached hydrogen (secondary N) is 1. The Bertz CT molecular complexity index is 597. The first-order valence-electron chi connectivity index (χ1n) is 6.97. The molecule has 1 heterocycles. The summed E-state index contributed by atoms with van der Waals surface area (Å²) in [5.41, 5.74) is 2.16. The van der Waals surface area contributed by atoms with E-state index >= 15 is 0 Å². The first-order valence-corrected chi connectivity index (χ1v) is 6.97. The SMILES string of the molecule is CC(C)(C)C(O)CNC(=O)c1cccc(-c2ccoc2)c1. The van der Waals surface area contributed by atoms with Crippen molar-refractivity contribution in [1.29, 1.82) is 0 Å². The Hall–Kier alpha value is -2.07. The molecule has 0 aliphatic carbocycles. The van der Waals surface area contributed by atoms with Gasteiger partial charge in [-0.25, -0.2) is 0 Å². The maximum absolute atomic E-state index is 12.2. The predicted molar refractivity (Wildman–Crippen MR) is 81.9 cm³/mol. The van der Waals surface area contributed by atoms with Gasteiger partial charge in [-0.3, -0.25) is 4.79 Å². The summed E-state index contributed by atoms with van der Waals surface area (Å²) >= 11 is 0. The number of benzene rings is 1. The van der Waals surface area contributed by atoms with Crippen LogP contribution in [0.5, 0.6) is 0 Å². The van der Waals surface area contributed by atoms with Crippen molar-refractivity contribution in [1.82, 2.24) is 5.32 Å². The average Bonchev–Trinajstić information content (AvgIpc) is 2.97. The van der Waals surface area contributed by atoms with Crippen LogP contribution in [0.4, 0.5) is 0 Å². The Morgan fingerprint density at radius 2 is 2.05 bits per heavy atom. The molecule has 2 aromatic rings. The molecule has 4 heteroatoms. The number of amides is 1. The summed E-state index contributed by atoms with van der Waals surface area (Å²) in [7, 11) is 0. The Morgan fingerprint density at radius 1 is 1.29 bits per heavy atom. The maximum atomic E-state index is 12.2. The number of carbonyl (C=O) groups excluding carboxylic acids is 1. The molecule has 1 aromatic carbocycles. The molecule has 1 amide bonds. The van der Waals surface area contributed by atoms with Crippen LogP contribution < -0.4 is 5.32 Å². The third-order valence-corrected chi connectivity index (χ3v) is 3.43. The maximum Gasteiger partial charge on any atom is 0.251 e. The second-order valence-electron chi connectivity index (χ2n) is 6.18. The highest BCUT2D eigenvalue weighted by Crippen LogP contribution is 2.21. The molecule has 0 saturated heterocycles. The molecule has 0 saturated carbocycles. The molecule has 112 valence electrons. The minimum Gasteiger partial charge on any atom is -0.472 e. The van der Waals surface area contributed by atoms with Crippen LogP contribution >= 0.6 is 0 Å². The highest BCUT2D eigenvalue weighted by molar-refractivity contribution is 5.95. The van der Waals surface area contributed by atoms with E-state index in [4.69, 9.17) is 4.42 Å². The fourth-order valence-electron chi connectivity index (χ4n) is 1.87. The summed E-state index contributed by atoms with van der Waals surface area (Å²) in [5, 5.41) is 12.7. The van der Waals surface area contributed by atoms with Gasteiger partial charge in [0.15, 0.2) is 0 Å².